The Balaban J connectivity index is 1.82. The van der Waals surface area contributed by atoms with Gasteiger partial charge in [0.05, 0.1) is 7.05 Å². The number of rotatable bonds is 3. The molecule has 0 saturated carbocycles. The van der Waals surface area contributed by atoms with E-state index >= 15 is 0 Å². The van der Waals surface area contributed by atoms with Crippen molar-refractivity contribution in [1.82, 2.24) is 0 Å². The molecular weight excluding hydrogens is 222 g/mol. The quantitative estimate of drug-likeness (QED) is 0.635. The van der Waals surface area contributed by atoms with E-state index < -0.39 is 0 Å². The highest BCUT2D eigenvalue weighted by molar-refractivity contribution is 6.00. The minimum Gasteiger partial charge on any atom is -0.312 e. The maximum atomic E-state index is 12.4. The SMILES string of the molecule is C[NH+]1[C@@H](C(=O)c2ccccc2)[C@@H]1c1ccccc1. The Morgan fingerprint density at radius 2 is 1.50 bits per heavy atom. The predicted octanol–water partition coefficient (Wildman–Crippen LogP) is 1.51. The molecule has 0 spiro atoms. The highest BCUT2D eigenvalue weighted by atomic mass is 16.1. The van der Waals surface area contributed by atoms with Crippen LogP contribution in [0.2, 0.25) is 0 Å². The standard InChI is InChI=1S/C16H15NO/c1-17-14(12-8-4-2-5-9-12)15(17)16(18)13-10-6-3-7-11-13/h2-11,14-15H,1H3/p+1/t14-,15+,17?/m0/s1. The average molecular weight is 238 g/mol. The van der Waals surface area contributed by atoms with Gasteiger partial charge in [0.25, 0.3) is 0 Å². The van der Waals surface area contributed by atoms with E-state index in [4.69, 9.17) is 0 Å². The Labute approximate surface area is 107 Å². The Kier molecular flexibility index (Phi) is 2.73. The summed E-state index contributed by atoms with van der Waals surface area (Å²) in [6, 6.07) is 20.3. The highest BCUT2D eigenvalue weighted by Gasteiger charge is 2.57. The smallest absolute Gasteiger partial charge is 0.226 e. The van der Waals surface area contributed by atoms with Crippen molar-refractivity contribution < 1.29 is 9.69 Å². The number of hydrogen-bond donors (Lipinski definition) is 1. The third-order valence-electron chi connectivity index (χ3n) is 3.70. The van der Waals surface area contributed by atoms with Crippen molar-refractivity contribution in [3.63, 3.8) is 0 Å². The van der Waals surface area contributed by atoms with Crippen molar-refractivity contribution in [2.24, 2.45) is 0 Å². The van der Waals surface area contributed by atoms with Crippen LogP contribution in [0.25, 0.3) is 0 Å². The fourth-order valence-corrected chi connectivity index (χ4v) is 2.64. The van der Waals surface area contributed by atoms with E-state index in [1.807, 2.05) is 48.5 Å². The highest BCUT2D eigenvalue weighted by Crippen LogP contribution is 2.24. The molecule has 0 bridgehead atoms. The second kappa shape index (κ2) is 4.39. The largest absolute Gasteiger partial charge is 0.312 e. The second-order valence-corrected chi connectivity index (χ2v) is 4.84. The summed E-state index contributed by atoms with van der Waals surface area (Å²) in [6.07, 6.45) is 0. The van der Waals surface area contributed by atoms with E-state index in [1.165, 1.54) is 10.5 Å². The minimum absolute atomic E-state index is 0.0785. The van der Waals surface area contributed by atoms with E-state index in [1.54, 1.807) is 0 Å². The first-order chi connectivity index (χ1) is 8.79. The van der Waals surface area contributed by atoms with Gasteiger partial charge in [-0.3, -0.25) is 4.79 Å². The van der Waals surface area contributed by atoms with Crippen molar-refractivity contribution in [2.75, 3.05) is 7.05 Å². The van der Waals surface area contributed by atoms with Crippen molar-refractivity contribution in [2.45, 2.75) is 12.1 Å². The van der Waals surface area contributed by atoms with Crippen molar-refractivity contribution >= 4 is 5.78 Å². The van der Waals surface area contributed by atoms with Crippen molar-refractivity contribution in [3.05, 3.63) is 71.8 Å². The van der Waals surface area contributed by atoms with Gasteiger partial charge >= 0.3 is 0 Å². The van der Waals surface area contributed by atoms with Gasteiger partial charge < -0.3 is 4.90 Å². The van der Waals surface area contributed by atoms with Crippen LogP contribution in [0, 0.1) is 0 Å². The number of Topliss-reactive ketones (excluding diaryl/α,β-unsaturated/α-hetero) is 1. The molecule has 1 unspecified atom stereocenters. The number of ketones is 1. The lowest BCUT2D eigenvalue weighted by Crippen LogP contribution is -2.91. The third-order valence-corrected chi connectivity index (χ3v) is 3.70. The summed E-state index contributed by atoms with van der Waals surface area (Å²) < 4.78 is 0. The van der Waals surface area contributed by atoms with E-state index in [9.17, 15) is 4.79 Å². The third kappa shape index (κ3) is 1.85. The monoisotopic (exact) mass is 238 g/mol. The molecule has 0 aromatic heterocycles. The van der Waals surface area contributed by atoms with Gasteiger partial charge in [0.1, 0.15) is 0 Å². The normalized spacial score (nSPS) is 25.7. The number of quaternary nitrogens is 1. The summed E-state index contributed by atoms with van der Waals surface area (Å²) in [5.41, 5.74) is 2.07. The summed E-state index contributed by atoms with van der Waals surface area (Å²) in [5, 5.41) is 0. The first-order valence-electron chi connectivity index (χ1n) is 6.26. The summed E-state index contributed by atoms with van der Waals surface area (Å²) in [6.45, 7) is 0. The molecule has 1 fully saturated rings. The molecule has 90 valence electrons. The van der Waals surface area contributed by atoms with Gasteiger partial charge in [-0.2, -0.15) is 0 Å². The molecule has 2 heteroatoms. The Bertz CT molecular complexity index is 550. The maximum Gasteiger partial charge on any atom is 0.226 e. The Morgan fingerprint density at radius 1 is 0.944 bits per heavy atom. The molecule has 0 radical (unpaired) electrons. The molecule has 2 nitrogen and oxygen atoms in total. The molecule has 1 saturated heterocycles. The zero-order valence-corrected chi connectivity index (χ0v) is 10.3. The molecule has 0 aliphatic carbocycles. The molecule has 2 aromatic rings. The zero-order valence-electron chi connectivity index (χ0n) is 10.3. The molecule has 1 heterocycles. The number of nitrogens with one attached hydrogen (secondary N) is 1. The van der Waals surface area contributed by atoms with Crippen molar-refractivity contribution in [3.8, 4) is 0 Å². The summed E-state index contributed by atoms with van der Waals surface area (Å²) >= 11 is 0. The van der Waals surface area contributed by atoms with Gasteiger partial charge in [-0.15, -0.1) is 0 Å². The number of likely N-dealkylation sites (N-methyl/N-ethyl adjacent to an activating group) is 1. The summed E-state index contributed by atoms with van der Waals surface area (Å²) in [4.78, 5) is 13.7. The van der Waals surface area contributed by atoms with Crippen LogP contribution in [-0.2, 0) is 0 Å². The molecule has 1 N–H and O–H groups in total. The summed E-state index contributed by atoms with van der Waals surface area (Å²) in [7, 11) is 2.09. The van der Waals surface area contributed by atoms with E-state index in [0.717, 1.165) is 5.56 Å². The molecule has 1 aliphatic rings. The molecule has 3 atom stereocenters. The first-order valence-corrected chi connectivity index (χ1v) is 6.26. The zero-order chi connectivity index (χ0) is 12.5. The minimum atomic E-state index is 0.0785. The van der Waals surface area contributed by atoms with Crippen LogP contribution >= 0.6 is 0 Å². The lowest BCUT2D eigenvalue weighted by Gasteiger charge is -1.94. The van der Waals surface area contributed by atoms with Crippen LogP contribution in [0.1, 0.15) is 22.0 Å². The van der Waals surface area contributed by atoms with Gasteiger partial charge in [-0.05, 0) is 0 Å². The topological polar surface area (TPSA) is 21.5 Å². The second-order valence-electron chi connectivity index (χ2n) is 4.84. The van der Waals surface area contributed by atoms with Crippen LogP contribution < -0.4 is 4.90 Å². The maximum absolute atomic E-state index is 12.4. The molecule has 0 amide bonds. The van der Waals surface area contributed by atoms with Crippen LogP contribution in [0.4, 0.5) is 0 Å². The van der Waals surface area contributed by atoms with Crippen LogP contribution in [0.5, 0.6) is 0 Å². The van der Waals surface area contributed by atoms with E-state index in [-0.39, 0.29) is 11.8 Å². The molecule has 2 aromatic carbocycles. The van der Waals surface area contributed by atoms with Crippen LogP contribution in [0.3, 0.4) is 0 Å². The number of hydrogen-bond acceptors (Lipinski definition) is 1. The Morgan fingerprint density at radius 3 is 2.11 bits per heavy atom. The van der Waals surface area contributed by atoms with Gasteiger partial charge in [-0.25, -0.2) is 0 Å². The van der Waals surface area contributed by atoms with Gasteiger partial charge in [-0.1, -0.05) is 60.7 Å². The van der Waals surface area contributed by atoms with E-state index in [2.05, 4.69) is 19.2 Å². The molecule has 18 heavy (non-hydrogen) atoms. The molecular formula is C16H16NO+. The lowest BCUT2D eigenvalue weighted by atomic mass is 10.0. The number of carbonyl (C=O) groups is 1. The van der Waals surface area contributed by atoms with Gasteiger partial charge in [0, 0.05) is 11.1 Å². The number of benzene rings is 2. The van der Waals surface area contributed by atoms with Gasteiger partial charge in [0.15, 0.2) is 6.04 Å². The summed E-state index contributed by atoms with van der Waals surface area (Å²) in [5.74, 6) is 0.252. The molecule has 1 aliphatic heterocycles. The van der Waals surface area contributed by atoms with E-state index in [0.29, 0.717) is 6.04 Å². The predicted molar refractivity (Wildman–Crippen MR) is 70.6 cm³/mol. The Hall–Kier alpha value is -1.93. The van der Waals surface area contributed by atoms with Crippen LogP contribution in [-0.4, -0.2) is 18.9 Å². The average Bonchev–Trinajstić information content (AvgIpc) is 3.11. The van der Waals surface area contributed by atoms with Crippen molar-refractivity contribution in [1.29, 1.82) is 0 Å². The van der Waals surface area contributed by atoms with Gasteiger partial charge in [0.2, 0.25) is 11.8 Å². The van der Waals surface area contributed by atoms with Crippen LogP contribution in [0.15, 0.2) is 60.7 Å². The molecule has 3 rings (SSSR count). The number of carbonyl (C=O) groups excluding carboxylic acids is 1. The fraction of sp³-hybridized carbons (Fsp3) is 0.188. The lowest BCUT2D eigenvalue weighted by molar-refractivity contribution is -0.762. The first kappa shape index (κ1) is 11.2. The fourth-order valence-electron chi connectivity index (χ4n) is 2.64.